The van der Waals surface area contributed by atoms with E-state index in [1.807, 2.05) is 0 Å². The molecule has 0 aliphatic heterocycles. The second-order valence-corrected chi connectivity index (χ2v) is 5.68. The molecule has 2 aromatic carbocycles. The largest absolute Gasteiger partial charge is 0.497 e. The number of hydrogen-bond donors (Lipinski definition) is 1. The molecule has 0 amide bonds. The third kappa shape index (κ3) is 3.88. The molecule has 0 saturated carbocycles. The van der Waals surface area contributed by atoms with Crippen molar-refractivity contribution >= 4 is 12.2 Å². The number of hydrogen-bond acceptors (Lipinski definition) is 4. The van der Waals surface area contributed by atoms with Crippen molar-refractivity contribution in [2.75, 3.05) is 7.11 Å². The quantitative estimate of drug-likeness (QED) is 0.660. The predicted octanol–water partition coefficient (Wildman–Crippen LogP) is 4.54. The highest BCUT2D eigenvalue weighted by Crippen LogP contribution is 2.30. The monoisotopic (exact) mass is 381 g/mol. The van der Waals surface area contributed by atoms with Crippen molar-refractivity contribution in [3.8, 4) is 17.2 Å². The minimum Gasteiger partial charge on any atom is -0.497 e. The Morgan fingerprint density at radius 3 is 2.46 bits per heavy atom. The molecule has 0 bridgehead atoms. The fraction of sp³-hybridized carbons (Fsp3) is 0.176. The van der Waals surface area contributed by atoms with Crippen molar-refractivity contribution in [1.29, 1.82) is 0 Å². The number of methoxy groups -OCH3 is 1. The first-order chi connectivity index (χ1) is 12.4. The van der Waals surface area contributed by atoms with Gasteiger partial charge in [0.15, 0.2) is 10.6 Å². The zero-order chi connectivity index (χ0) is 18.7. The molecule has 0 unspecified atom stereocenters. The Morgan fingerprint density at radius 2 is 1.81 bits per heavy atom. The second-order valence-electron chi connectivity index (χ2n) is 5.29. The van der Waals surface area contributed by atoms with E-state index in [0.717, 1.165) is 12.1 Å². The first-order valence-electron chi connectivity index (χ1n) is 7.49. The lowest BCUT2D eigenvalue weighted by Gasteiger charge is -2.11. The molecule has 1 heterocycles. The van der Waals surface area contributed by atoms with Crippen molar-refractivity contribution in [3.63, 3.8) is 0 Å². The molecule has 0 atom stereocenters. The second kappa shape index (κ2) is 7.20. The summed E-state index contributed by atoms with van der Waals surface area (Å²) < 4.78 is 51.1. The molecule has 1 N–H and O–H groups in total. The van der Waals surface area contributed by atoms with Gasteiger partial charge in [-0.3, -0.25) is 9.67 Å². The van der Waals surface area contributed by atoms with E-state index in [2.05, 4.69) is 10.2 Å². The van der Waals surface area contributed by atoms with Gasteiger partial charge in [0, 0.05) is 0 Å². The molecule has 1 aromatic heterocycles. The number of halogens is 3. The Balaban J connectivity index is 1.86. The van der Waals surface area contributed by atoms with Crippen LogP contribution in [0.25, 0.3) is 5.69 Å². The third-order valence-electron chi connectivity index (χ3n) is 3.60. The molecular formula is C17H14F3N3O2S. The van der Waals surface area contributed by atoms with Gasteiger partial charge in [-0.2, -0.15) is 18.3 Å². The Kier molecular flexibility index (Phi) is 4.99. The van der Waals surface area contributed by atoms with Crippen molar-refractivity contribution in [1.82, 2.24) is 14.8 Å². The number of aromatic nitrogens is 3. The maximum atomic E-state index is 12.9. The van der Waals surface area contributed by atoms with Gasteiger partial charge in [0.05, 0.1) is 18.4 Å². The zero-order valence-electron chi connectivity index (χ0n) is 13.6. The van der Waals surface area contributed by atoms with Crippen LogP contribution in [0.4, 0.5) is 13.2 Å². The molecule has 0 fully saturated rings. The maximum absolute atomic E-state index is 12.9. The van der Waals surface area contributed by atoms with Crippen LogP contribution in [0.15, 0.2) is 48.5 Å². The minimum absolute atomic E-state index is 0.0235. The highest BCUT2D eigenvalue weighted by molar-refractivity contribution is 7.71. The van der Waals surface area contributed by atoms with E-state index in [9.17, 15) is 13.2 Å². The van der Waals surface area contributed by atoms with E-state index in [4.69, 9.17) is 21.7 Å². The van der Waals surface area contributed by atoms with E-state index in [1.54, 1.807) is 31.4 Å². The van der Waals surface area contributed by atoms with Crippen LogP contribution in [0.1, 0.15) is 11.4 Å². The number of H-pyrrole nitrogens is 1. The number of alkyl halides is 3. The smallest absolute Gasteiger partial charge is 0.416 e. The molecule has 0 aliphatic carbocycles. The van der Waals surface area contributed by atoms with Crippen LogP contribution in [0, 0.1) is 4.77 Å². The molecule has 0 spiro atoms. The third-order valence-corrected chi connectivity index (χ3v) is 3.87. The summed E-state index contributed by atoms with van der Waals surface area (Å²) in [5.41, 5.74) is -0.507. The first kappa shape index (κ1) is 18.0. The summed E-state index contributed by atoms with van der Waals surface area (Å²) in [7, 11) is 1.56. The Labute approximate surface area is 152 Å². The van der Waals surface area contributed by atoms with Crippen LogP contribution in [0.2, 0.25) is 0 Å². The summed E-state index contributed by atoms with van der Waals surface area (Å²) in [6.07, 6.45) is -4.44. The van der Waals surface area contributed by atoms with Crippen LogP contribution in [-0.2, 0) is 12.8 Å². The first-order valence-corrected chi connectivity index (χ1v) is 7.90. The van der Waals surface area contributed by atoms with Crippen LogP contribution < -0.4 is 9.47 Å². The van der Waals surface area contributed by atoms with Crippen molar-refractivity contribution in [2.24, 2.45) is 0 Å². The molecule has 26 heavy (non-hydrogen) atoms. The van der Waals surface area contributed by atoms with E-state index < -0.39 is 11.7 Å². The topological polar surface area (TPSA) is 52.1 Å². The molecule has 9 heteroatoms. The molecule has 0 saturated heterocycles. The summed E-state index contributed by atoms with van der Waals surface area (Å²) in [6.45, 7) is 0.0235. The standard InChI is InChI=1S/C17H14F3N3O2S/c1-24-13-5-7-14(8-6-13)25-10-15-21-22-16(26)23(15)12-4-2-3-11(9-12)17(18,19)20/h2-9H,10H2,1H3,(H,22,26). The van der Waals surface area contributed by atoms with E-state index in [1.165, 1.54) is 16.7 Å². The number of ether oxygens (including phenoxy) is 2. The van der Waals surface area contributed by atoms with Crippen LogP contribution in [0.5, 0.6) is 11.5 Å². The summed E-state index contributed by atoms with van der Waals surface area (Å²) in [6, 6.07) is 11.8. The molecule has 0 radical (unpaired) electrons. The Bertz CT molecular complexity index is 949. The molecule has 136 valence electrons. The fourth-order valence-corrected chi connectivity index (χ4v) is 2.59. The average molecular weight is 381 g/mol. The predicted molar refractivity (Wildman–Crippen MR) is 91.1 cm³/mol. The number of aromatic amines is 1. The summed E-state index contributed by atoms with van der Waals surface area (Å²) in [5, 5.41) is 6.63. The van der Waals surface area contributed by atoms with Gasteiger partial charge >= 0.3 is 6.18 Å². The van der Waals surface area contributed by atoms with Crippen LogP contribution >= 0.6 is 12.2 Å². The minimum atomic E-state index is -4.44. The Hall–Kier alpha value is -2.81. The molecular weight excluding hydrogens is 367 g/mol. The highest BCUT2D eigenvalue weighted by atomic mass is 32.1. The SMILES string of the molecule is COc1ccc(OCc2n[nH]c(=S)n2-c2cccc(C(F)(F)F)c2)cc1. The van der Waals surface area contributed by atoms with Crippen LogP contribution in [-0.4, -0.2) is 21.9 Å². The van der Waals surface area contributed by atoms with E-state index in [0.29, 0.717) is 17.3 Å². The molecule has 5 nitrogen and oxygen atoms in total. The van der Waals surface area contributed by atoms with Crippen molar-refractivity contribution in [3.05, 3.63) is 64.7 Å². The lowest BCUT2D eigenvalue weighted by molar-refractivity contribution is -0.137. The summed E-state index contributed by atoms with van der Waals surface area (Å²) in [4.78, 5) is 0. The highest BCUT2D eigenvalue weighted by Gasteiger charge is 2.30. The number of nitrogens with one attached hydrogen (secondary N) is 1. The van der Waals surface area contributed by atoms with Crippen molar-refractivity contribution < 1.29 is 22.6 Å². The lowest BCUT2D eigenvalue weighted by Crippen LogP contribution is -2.09. The van der Waals surface area contributed by atoms with Gasteiger partial charge in [-0.05, 0) is 54.7 Å². The van der Waals surface area contributed by atoms with Gasteiger partial charge in [-0.25, -0.2) is 0 Å². The van der Waals surface area contributed by atoms with Gasteiger partial charge in [0.25, 0.3) is 0 Å². The van der Waals surface area contributed by atoms with Gasteiger partial charge in [0.2, 0.25) is 0 Å². The summed E-state index contributed by atoms with van der Waals surface area (Å²) >= 11 is 5.15. The number of nitrogens with zero attached hydrogens (tertiary/aromatic N) is 2. The van der Waals surface area contributed by atoms with E-state index >= 15 is 0 Å². The van der Waals surface area contributed by atoms with Gasteiger partial charge in [-0.15, -0.1) is 0 Å². The summed E-state index contributed by atoms with van der Waals surface area (Å²) in [5.74, 6) is 1.60. The van der Waals surface area contributed by atoms with Gasteiger partial charge < -0.3 is 9.47 Å². The van der Waals surface area contributed by atoms with Gasteiger partial charge in [0.1, 0.15) is 18.1 Å². The molecule has 0 aliphatic rings. The van der Waals surface area contributed by atoms with E-state index in [-0.39, 0.29) is 17.1 Å². The maximum Gasteiger partial charge on any atom is 0.416 e. The normalized spacial score (nSPS) is 11.4. The van der Waals surface area contributed by atoms with Crippen molar-refractivity contribution in [2.45, 2.75) is 12.8 Å². The van der Waals surface area contributed by atoms with Gasteiger partial charge in [-0.1, -0.05) is 6.07 Å². The number of rotatable bonds is 5. The molecule has 3 rings (SSSR count). The zero-order valence-corrected chi connectivity index (χ0v) is 14.4. The average Bonchev–Trinajstić information content (AvgIpc) is 3.00. The number of benzene rings is 2. The molecule has 3 aromatic rings. The van der Waals surface area contributed by atoms with Crippen LogP contribution in [0.3, 0.4) is 0 Å². The fourth-order valence-electron chi connectivity index (χ4n) is 2.33. The Morgan fingerprint density at radius 1 is 1.12 bits per heavy atom. The lowest BCUT2D eigenvalue weighted by atomic mass is 10.2.